The van der Waals surface area contributed by atoms with E-state index in [9.17, 15) is 19.7 Å². The SMILES string of the molecule is CC(C)OC(=O)CC(NC(=O)/C=C\c1ccccc1Br)c1ccccc1[N+](=O)[O-]. The highest BCUT2D eigenvalue weighted by atomic mass is 79.9. The zero-order valence-electron chi connectivity index (χ0n) is 16.0. The van der Waals surface area contributed by atoms with Crippen molar-refractivity contribution in [2.75, 3.05) is 0 Å². The molecule has 29 heavy (non-hydrogen) atoms. The molecule has 0 fully saturated rings. The Hall–Kier alpha value is -3.00. The number of para-hydroxylation sites is 1. The van der Waals surface area contributed by atoms with Gasteiger partial charge in [0.1, 0.15) is 0 Å². The molecule has 0 heterocycles. The molecule has 0 saturated heterocycles. The zero-order chi connectivity index (χ0) is 21.4. The van der Waals surface area contributed by atoms with E-state index in [1.54, 1.807) is 26.0 Å². The van der Waals surface area contributed by atoms with Gasteiger partial charge in [0.05, 0.1) is 29.1 Å². The molecule has 0 aromatic heterocycles. The maximum atomic E-state index is 12.5. The molecule has 0 spiro atoms. The van der Waals surface area contributed by atoms with Crippen molar-refractivity contribution in [1.29, 1.82) is 0 Å². The molecule has 2 aromatic carbocycles. The van der Waals surface area contributed by atoms with Crippen LogP contribution < -0.4 is 5.32 Å². The van der Waals surface area contributed by atoms with Crippen molar-refractivity contribution in [1.82, 2.24) is 5.32 Å². The average molecular weight is 461 g/mol. The number of rotatable bonds is 8. The van der Waals surface area contributed by atoms with Crippen LogP contribution in [0.3, 0.4) is 0 Å². The molecule has 1 amide bonds. The fraction of sp³-hybridized carbons (Fsp3) is 0.238. The Morgan fingerprint density at radius 2 is 1.83 bits per heavy atom. The smallest absolute Gasteiger partial charge is 0.308 e. The molecule has 0 bridgehead atoms. The van der Waals surface area contributed by atoms with Crippen molar-refractivity contribution < 1.29 is 19.2 Å². The number of nitrogens with one attached hydrogen (secondary N) is 1. The third-order valence-electron chi connectivity index (χ3n) is 3.88. The molecule has 0 aliphatic carbocycles. The maximum absolute atomic E-state index is 12.5. The normalized spacial score (nSPS) is 12.0. The summed E-state index contributed by atoms with van der Waals surface area (Å²) in [5.74, 6) is -1.04. The van der Waals surface area contributed by atoms with Crippen LogP contribution in [-0.2, 0) is 14.3 Å². The molecule has 0 radical (unpaired) electrons. The summed E-state index contributed by atoms with van der Waals surface area (Å²) < 4.78 is 5.96. The molecular weight excluding hydrogens is 440 g/mol. The van der Waals surface area contributed by atoms with E-state index in [0.717, 1.165) is 10.0 Å². The van der Waals surface area contributed by atoms with E-state index in [-0.39, 0.29) is 23.8 Å². The summed E-state index contributed by atoms with van der Waals surface area (Å²) in [6.07, 6.45) is 2.37. The first-order valence-electron chi connectivity index (χ1n) is 8.94. The van der Waals surface area contributed by atoms with Gasteiger partial charge in [-0.15, -0.1) is 0 Å². The maximum Gasteiger partial charge on any atom is 0.308 e. The van der Waals surface area contributed by atoms with Crippen molar-refractivity contribution in [3.8, 4) is 0 Å². The zero-order valence-corrected chi connectivity index (χ0v) is 17.6. The Bertz CT molecular complexity index is 927. The van der Waals surface area contributed by atoms with Crippen LogP contribution in [0.4, 0.5) is 5.69 Å². The van der Waals surface area contributed by atoms with Crippen molar-refractivity contribution in [2.24, 2.45) is 0 Å². The van der Waals surface area contributed by atoms with Crippen molar-refractivity contribution in [3.05, 3.63) is 80.3 Å². The Balaban J connectivity index is 2.26. The van der Waals surface area contributed by atoms with E-state index in [1.807, 2.05) is 24.3 Å². The minimum Gasteiger partial charge on any atom is -0.463 e. The number of nitrogens with zero attached hydrogens (tertiary/aromatic N) is 1. The number of nitro benzene ring substituents is 1. The summed E-state index contributed by atoms with van der Waals surface area (Å²) in [6.45, 7) is 3.41. The first-order chi connectivity index (χ1) is 13.8. The van der Waals surface area contributed by atoms with Gasteiger partial charge in [0, 0.05) is 16.6 Å². The van der Waals surface area contributed by atoms with E-state index in [4.69, 9.17) is 4.74 Å². The molecule has 0 aliphatic rings. The second-order valence-corrected chi connectivity index (χ2v) is 7.33. The number of hydrogen-bond acceptors (Lipinski definition) is 5. The van der Waals surface area contributed by atoms with Gasteiger partial charge in [-0.25, -0.2) is 0 Å². The topological polar surface area (TPSA) is 98.5 Å². The van der Waals surface area contributed by atoms with Gasteiger partial charge < -0.3 is 10.1 Å². The van der Waals surface area contributed by atoms with Crippen molar-refractivity contribution in [3.63, 3.8) is 0 Å². The molecule has 1 unspecified atom stereocenters. The average Bonchev–Trinajstić information content (AvgIpc) is 2.66. The molecule has 2 rings (SSSR count). The van der Waals surface area contributed by atoms with Gasteiger partial charge in [-0.05, 0) is 31.6 Å². The van der Waals surface area contributed by atoms with E-state index in [1.165, 1.54) is 24.3 Å². The van der Waals surface area contributed by atoms with E-state index in [2.05, 4.69) is 21.2 Å². The number of amides is 1. The number of benzene rings is 2. The van der Waals surface area contributed by atoms with Crippen LogP contribution in [-0.4, -0.2) is 22.9 Å². The molecule has 7 nitrogen and oxygen atoms in total. The van der Waals surface area contributed by atoms with Gasteiger partial charge in [0.2, 0.25) is 5.91 Å². The van der Waals surface area contributed by atoms with Gasteiger partial charge in [-0.1, -0.05) is 52.3 Å². The second-order valence-electron chi connectivity index (χ2n) is 6.47. The second kappa shape index (κ2) is 10.5. The summed E-state index contributed by atoms with van der Waals surface area (Å²) in [5.41, 5.74) is 0.856. The number of halogens is 1. The first-order valence-corrected chi connectivity index (χ1v) is 9.73. The summed E-state index contributed by atoms with van der Waals surface area (Å²) in [4.78, 5) is 35.5. The fourth-order valence-electron chi connectivity index (χ4n) is 2.66. The third-order valence-corrected chi connectivity index (χ3v) is 4.60. The monoisotopic (exact) mass is 460 g/mol. The van der Waals surface area contributed by atoms with E-state index in [0.29, 0.717) is 0 Å². The van der Waals surface area contributed by atoms with E-state index >= 15 is 0 Å². The summed E-state index contributed by atoms with van der Waals surface area (Å²) in [7, 11) is 0. The van der Waals surface area contributed by atoms with Crippen LogP contribution in [0.15, 0.2) is 59.1 Å². The molecular formula is C21H21BrN2O5. The largest absolute Gasteiger partial charge is 0.463 e. The first kappa shape index (κ1) is 22.3. The molecule has 0 saturated carbocycles. The van der Waals surface area contributed by atoms with Crippen molar-refractivity contribution >= 4 is 39.6 Å². The van der Waals surface area contributed by atoms with Gasteiger partial charge in [-0.3, -0.25) is 19.7 Å². The highest BCUT2D eigenvalue weighted by Crippen LogP contribution is 2.27. The molecule has 1 N–H and O–H groups in total. The van der Waals surface area contributed by atoms with Crippen LogP contribution >= 0.6 is 15.9 Å². The van der Waals surface area contributed by atoms with E-state index < -0.39 is 22.8 Å². The van der Waals surface area contributed by atoms with Crippen LogP contribution in [0.2, 0.25) is 0 Å². The molecule has 0 aliphatic heterocycles. The Kier molecular flexibility index (Phi) is 8.09. The van der Waals surface area contributed by atoms with Crippen LogP contribution in [0.1, 0.15) is 37.4 Å². The van der Waals surface area contributed by atoms with Crippen molar-refractivity contribution in [2.45, 2.75) is 32.4 Å². The third kappa shape index (κ3) is 6.83. The van der Waals surface area contributed by atoms with Gasteiger partial charge >= 0.3 is 5.97 Å². The van der Waals surface area contributed by atoms with Gasteiger partial charge in [-0.2, -0.15) is 0 Å². The number of carbonyl (C=O) groups excluding carboxylic acids is 2. The lowest BCUT2D eigenvalue weighted by Crippen LogP contribution is -2.30. The Labute approximate surface area is 177 Å². The highest BCUT2D eigenvalue weighted by molar-refractivity contribution is 9.10. The fourth-order valence-corrected chi connectivity index (χ4v) is 3.08. The number of ether oxygens (including phenoxy) is 1. The predicted octanol–water partition coefficient (Wildman–Crippen LogP) is 4.57. The molecule has 1 atom stereocenters. The standard InChI is InChI=1S/C21H21BrN2O5/c1-14(2)29-21(26)13-18(16-8-4-6-10-19(16)24(27)28)23-20(25)12-11-15-7-3-5-9-17(15)22/h3-12,14,18H,13H2,1-2H3,(H,23,25)/b12-11-. The number of carbonyl (C=O) groups is 2. The Morgan fingerprint density at radius 1 is 1.17 bits per heavy atom. The highest BCUT2D eigenvalue weighted by Gasteiger charge is 2.26. The minimum absolute atomic E-state index is 0.176. The molecule has 2 aromatic rings. The predicted molar refractivity (Wildman–Crippen MR) is 113 cm³/mol. The van der Waals surface area contributed by atoms with Crippen LogP contribution in [0, 0.1) is 10.1 Å². The lowest BCUT2D eigenvalue weighted by Gasteiger charge is -2.18. The van der Waals surface area contributed by atoms with Gasteiger partial charge in [0.25, 0.3) is 5.69 Å². The van der Waals surface area contributed by atoms with Gasteiger partial charge in [0.15, 0.2) is 0 Å². The molecule has 152 valence electrons. The summed E-state index contributed by atoms with van der Waals surface area (Å²) in [5, 5.41) is 14.1. The minimum atomic E-state index is -0.904. The number of nitro groups is 1. The summed E-state index contributed by atoms with van der Waals surface area (Å²) >= 11 is 3.40. The van der Waals surface area contributed by atoms with Crippen LogP contribution in [0.5, 0.6) is 0 Å². The lowest BCUT2D eigenvalue weighted by molar-refractivity contribution is -0.385. The molecule has 8 heteroatoms. The summed E-state index contributed by atoms with van der Waals surface area (Å²) in [6, 6.07) is 12.4. The number of hydrogen-bond donors (Lipinski definition) is 1. The van der Waals surface area contributed by atoms with Crippen LogP contribution in [0.25, 0.3) is 6.08 Å². The quantitative estimate of drug-likeness (QED) is 0.269. The Morgan fingerprint density at radius 3 is 2.48 bits per heavy atom. The lowest BCUT2D eigenvalue weighted by atomic mass is 10.0. The number of esters is 1.